The smallest absolute Gasteiger partial charge is 0.138 e. The Bertz CT molecular complexity index is 674. The topological polar surface area (TPSA) is 44.6 Å². The average molecular weight is 419 g/mol. The fourth-order valence-corrected chi connectivity index (χ4v) is 2.96. The second-order valence-corrected chi connectivity index (χ2v) is 6.34. The van der Waals surface area contributed by atoms with Gasteiger partial charge in [0.2, 0.25) is 0 Å². The molecule has 20 heavy (non-hydrogen) atoms. The van der Waals surface area contributed by atoms with Gasteiger partial charge in [-0.1, -0.05) is 33.6 Å². The van der Waals surface area contributed by atoms with Crippen molar-refractivity contribution in [1.29, 1.82) is 0 Å². The van der Waals surface area contributed by atoms with Gasteiger partial charge in [-0.15, -0.1) is 0 Å². The second kappa shape index (κ2) is 6.61. The first-order valence-corrected chi connectivity index (χ1v) is 7.67. The maximum absolute atomic E-state index is 9.89. The summed E-state index contributed by atoms with van der Waals surface area (Å²) in [5, 5.41) is 14.7. The third-order valence-electron chi connectivity index (χ3n) is 2.63. The number of aryl methyl sites for hydroxylation is 1. The highest BCUT2D eigenvalue weighted by molar-refractivity contribution is 9.11. The summed E-state index contributed by atoms with van der Waals surface area (Å²) in [6.45, 7) is 1.94. The highest BCUT2D eigenvalue weighted by Gasteiger charge is 2.05. The fraction of sp³-hybridized carbons (Fsp3) is 0.0714. The van der Waals surface area contributed by atoms with Crippen molar-refractivity contribution < 1.29 is 5.11 Å². The minimum absolute atomic E-state index is 0.140. The Kier molecular flexibility index (Phi) is 5.07. The number of benzene rings is 2. The van der Waals surface area contributed by atoms with E-state index in [1.165, 1.54) is 0 Å². The first kappa shape index (κ1) is 15.4. The minimum atomic E-state index is 0.140. The van der Waals surface area contributed by atoms with Crippen LogP contribution in [0, 0.1) is 6.92 Å². The molecule has 2 rings (SSSR count). The average Bonchev–Trinajstić information content (AvgIpc) is 2.39. The Morgan fingerprint density at radius 2 is 2.00 bits per heavy atom. The molecule has 0 fully saturated rings. The van der Waals surface area contributed by atoms with Crippen LogP contribution in [0.1, 0.15) is 11.1 Å². The van der Waals surface area contributed by atoms with E-state index in [1.54, 1.807) is 24.4 Å². The standard InChI is InChI=1S/C14H11Br2ClN2O/c1-8-2-3-11(6-13(8)17)19-18-7-9-4-10(15)5-12(16)14(9)20/h2-7,19-20H,1H3/b18-7+. The highest BCUT2D eigenvalue weighted by Crippen LogP contribution is 2.30. The fourth-order valence-electron chi connectivity index (χ4n) is 1.52. The number of hydrazone groups is 1. The van der Waals surface area contributed by atoms with Crippen LogP contribution >= 0.6 is 43.5 Å². The molecule has 2 N–H and O–H groups in total. The Morgan fingerprint density at radius 1 is 1.25 bits per heavy atom. The molecule has 0 atom stereocenters. The van der Waals surface area contributed by atoms with Gasteiger partial charge in [-0.05, 0) is 52.7 Å². The van der Waals surface area contributed by atoms with E-state index in [4.69, 9.17) is 11.6 Å². The molecule has 0 unspecified atom stereocenters. The Balaban J connectivity index is 2.16. The normalized spacial score (nSPS) is 11.0. The summed E-state index contributed by atoms with van der Waals surface area (Å²) < 4.78 is 1.45. The van der Waals surface area contributed by atoms with Gasteiger partial charge in [-0.3, -0.25) is 5.43 Å². The Morgan fingerprint density at radius 3 is 2.70 bits per heavy atom. The molecule has 0 radical (unpaired) electrons. The minimum Gasteiger partial charge on any atom is -0.506 e. The molecule has 0 heterocycles. The lowest BCUT2D eigenvalue weighted by molar-refractivity contribution is 0.471. The van der Waals surface area contributed by atoms with Crippen LogP contribution in [0.25, 0.3) is 0 Å². The van der Waals surface area contributed by atoms with Crippen molar-refractivity contribution in [1.82, 2.24) is 0 Å². The largest absolute Gasteiger partial charge is 0.506 e. The highest BCUT2D eigenvalue weighted by atomic mass is 79.9. The molecule has 0 saturated carbocycles. The number of phenolic OH excluding ortho intramolecular Hbond substituents is 1. The van der Waals surface area contributed by atoms with Crippen molar-refractivity contribution in [2.45, 2.75) is 6.92 Å². The van der Waals surface area contributed by atoms with Crippen molar-refractivity contribution in [2.75, 3.05) is 5.43 Å². The first-order valence-electron chi connectivity index (χ1n) is 5.70. The molecule has 0 aliphatic carbocycles. The van der Waals surface area contributed by atoms with Crippen LogP contribution in [0.3, 0.4) is 0 Å². The summed E-state index contributed by atoms with van der Waals surface area (Å²) >= 11 is 12.7. The number of halogens is 3. The quantitative estimate of drug-likeness (QED) is 0.523. The molecule has 0 saturated heterocycles. The first-order chi connectivity index (χ1) is 9.47. The SMILES string of the molecule is Cc1ccc(N/N=C/c2cc(Br)cc(Br)c2O)cc1Cl. The maximum atomic E-state index is 9.89. The van der Waals surface area contributed by atoms with E-state index < -0.39 is 0 Å². The van der Waals surface area contributed by atoms with Gasteiger partial charge < -0.3 is 5.11 Å². The van der Waals surface area contributed by atoms with Crippen LogP contribution in [0.5, 0.6) is 5.75 Å². The van der Waals surface area contributed by atoms with Crippen molar-refractivity contribution >= 4 is 55.4 Å². The van der Waals surface area contributed by atoms with Gasteiger partial charge in [0.05, 0.1) is 16.4 Å². The van der Waals surface area contributed by atoms with E-state index in [0.717, 1.165) is 15.7 Å². The van der Waals surface area contributed by atoms with Gasteiger partial charge in [0, 0.05) is 15.1 Å². The van der Waals surface area contributed by atoms with Gasteiger partial charge in [0.1, 0.15) is 5.75 Å². The zero-order valence-electron chi connectivity index (χ0n) is 10.5. The molecule has 0 aromatic heterocycles. The lowest BCUT2D eigenvalue weighted by atomic mass is 10.2. The van der Waals surface area contributed by atoms with Gasteiger partial charge in [-0.2, -0.15) is 5.10 Å². The molecule has 0 amide bonds. The van der Waals surface area contributed by atoms with E-state index in [9.17, 15) is 5.11 Å². The molecule has 3 nitrogen and oxygen atoms in total. The van der Waals surface area contributed by atoms with Crippen LogP contribution in [0.2, 0.25) is 5.02 Å². The maximum Gasteiger partial charge on any atom is 0.138 e. The lowest BCUT2D eigenvalue weighted by Crippen LogP contribution is -1.92. The monoisotopic (exact) mass is 416 g/mol. The van der Waals surface area contributed by atoms with Gasteiger partial charge in [0.15, 0.2) is 0 Å². The number of hydrogen-bond acceptors (Lipinski definition) is 3. The zero-order valence-corrected chi connectivity index (χ0v) is 14.4. The van der Waals surface area contributed by atoms with E-state index in [0.29, 0.717) is 15.1 Å². The van der Waals surface area contributed by atoms with Crippen LogP contribution < -0.4 is 5.43 Å². The predicted octanol–water partition coefficient (Wildman–Crippen LogP) is 5.33. The molecular formula is C14H11Br2ClN2O. The van der Waals surface area contributed by atoms with Crippen LogP contribution in [-0.2, 0) is 0 Å². The molecule has 2 aromatic rings. The lowest BCUT2D eigenvalue weighted by Gasteiger charge is -2.04. The molecule has 2 aromatic carbocycles. The summed E-state index contributed by atoms with van der Waals surface area (Å²) in [4.78, 5) is 0. The molecule has 0 bridgehead atoms. The zero-order chi connectivity index (χ0) is 14.7. The third-order valence-corrected chi connectivity index (χ3v) is 4.10. The summed E-state index contributed by atoms with van der Waals surface area (Å²) in [7, 11) is 0. The summed E-state index contributed by atoms with van der Waals surface area (Å²) in [5.41, 5.74) is 5.26. The second-order valence-electron chi connectivity index (χ2n) is 4.16. The number of rotatable bonds is 3. The van der Waals surface area contributed by atoms with Crippen LogP contribution in [0.15, 0.2) is 44.4 Å². The van der Waals surface area contributed by atoms with Crippen LogP contribution in [0.4, 0.5) is 5.69 Å². The van der Waals surface area contributed by atoms with Crippen molar-refractivity contribution in [3.8, 4) is 5.75 Å². The summed E-state index contributed by atoms with van der Waals surface area (Å²) in [6, 6.07) is 9.13. The summed E-state index contributed by atoms with van der Waals surface area (Å²) in [6.07, 6.45) is 1.54. The number of aromatic hydroxyl groups is 1. The molecule has 104 valence electrons. The molecule has 6 heteroatoms. The number of hydrogen-bond donors (Lipinski definition) is 2. The molecule has 0 aliphatic rings. The third kappa shape index (κ3) is 3.75. The van der Waals surface area contributed by atoms with Crippen molar-refractivity contribution in [2.24, 2.45) is 5.10 Å². The number of phenols is 1. The van der Waals surface area contributed by atoms with Crippen LogP contribution in [-0.4, -0.2) is 11.3 Å². The van der Waals surface area contributed by atoms with Gasteiger partial charge >= 0.3 is 0 Å². The van der Waals surface area contributed by atoms with Gasteiger partial charge in [-0.25, -0.2) is 0 Å². The Labute approximate surface area is 138 Å². The van der Waals surface area contributed by atoms with E-state index in [2.05, 4.69) is 42.4 Å². The van der Waals surface area contributed by atoms with Crippen molar-refractivity contribution in [3.63, 3.8) is 0 Å². The van der Waals surface area contributed by atoms with E-state index >= 15 is 0 Å². The van der Waals surface area contributed by atoms with E-state index in [1.807, 2.05) is 19.1 Å². The number of nitrogens with zero attached hydrogens (tertiary/aromatic N) is 1. The molecule has 0 aliphatic heterocycles. The molecule has 0 spiro atoms. The predicted molar refractivity (Wildman–Crippen MR) is 90.9 cm³/mol. The van der Waals surface area contributed by atoms with Gasteiger partial charge in [0.25, 0.3) is 0 Å². The number of anilines is 1. The van der Waals surface area contributed by atoms with E-state index in [-0.39, 0.29) is 5.75 Å². The molecular weight excluding hydrogens is 407 g/mol. The summed E-state index contributed by atoms with van der Waals surface area (Å²) in [5.74, 6) is 0.140. The number of nitrogens with one attached hydrogen (secondary N) is 1. The Hall–Kier alpha value is -1.04. The van der Waals surface area contributed by atoms with Crippen molar-refractivity contribution in [3.05, 3.63) is 55.4 Å².